The molecule has 0 aliphatic rings. The second kappa shape index (κ2) is 7.90. The average molecular weight is 327 g/mol. The van der Waals surface area contributed by atoms with Crippen molar-refractivity contribution in [1.29, 1.82) is 0 Å². The zero-order valence-corrected chi connectivity index (χ0v) is 14.9. The fraction of sp³-hybridized carbons (Fsp3) is 0.421. The number of hydrogen-bond donors (Lipinski definition) is 0. The minimum absolute atomic E-state index is 0.171. The lowest BCUT2D eigenvalue weighted by Crippen LogP contribution is -2.34. The van der Waals surface area contributed by atoms with E-state index in [0.717, 1.165) is 29.7 Å². The van der Waals surface area contributed by atoms with Gasteiger partial charge >= 0.3 is 0 Å². The van der Waals surface area contributed by atoms with Gasteiger partial charge in [-0.1, -0.05) is 25.5 Å². The van der Waals surface area contributed by atoms with Crippen molar-refractivity contribution in [2.24, 2.45) is 0 Å². The second-order valence-electron chi connectivity index (χ2n) is 5.97. The Morgan fingerprint density at radius 1 is 1.17 bits per heavy atom. The Kier molecular flexibility index (Phi) is 5.90. The molecule has 0 saturated heterocycles. The standard InChI is InChI=1S/C19H25N3O2/c1-5-7-12-22-18(23)11-10-16(20-22)19(24)21(6-2)17-13-14(3)8-9-15(17)4/h8-11,13H,5-7,12H2,1-4H3. The first-order valence-electron chi connectivity index (χ1n) is 8.45. The van der Waals surface area contributed by atoms with Crippen LogP contribution in [-0.4, -0.2) is 22.2 Å². The molecule has 0 aliphatic carbocycles. The summed E-state index contributed by atoms with van der Waals surface area (Å²) in [5, 5.41) is 4.27. The first-order valence-corrected chi connectivity index (χ1v) is 8.45. The van der Waals surface area contributed by atoms with E-state index in [1.807, 2.05) is 39.0 Å². The highest BCUT2D eigenvalue weighted by Gasteiger charge is 2.20. The van der Waals surface area contributed by atoms with Crippen LogP contribution in [0.25, 0.3) is 0 Å². The van der Waals surface area contributed by atoms with Crippen LogP contribution >= 0.6 is 0 Å². The Morgan fingerprint density at radius 2 is 1.92 bits per heavy atom. The van der Waals surface area contributed by atoms with Crippen LogP contribution < -0.4 is 10.5 Å². The summed E-state index contributed by atoms with van der Waals surface area (Å²) in [6.45, 7) is 9.06. The molecule has 24 heavy (non-hydrogen) atoms. The monoisotopic (exact) mass is 327 g/mol. The van der Waals surface area contributed by atoms with Crippen molar-refractivity contribution < 1.29 is 4.79 Å². The van der Waals surface area contributed by atoms with Gasteiger partial charge in [-0.05, 0) is 50.5 Å². The van der Waals surface area contributed by atoms with Gasteiger partial charge in [0.2, 0.25) is 0 Å². The van der Waals surface area contributed by atoms with Crippen LogP contribution in [0.5, 0.6) is 0 Å². The largest absolute Gasteiger partial charge is 0.307 e. The topological polar surface area (TPSA) is 55.2 Å². The Balaban J connectivity index is 2.38. The smallest absolute Gasteiger partial charge is 0.278 e. The van der Waals surface area contributed by atoms with Crippen molar-refractivity contribution in [3.05, 3.63) is 57.5 Å². The third-order valence-corrected chi connectivity index (χ3v) is 4.03. The number of carbonyl (C=O) groups is 1. The van der Waals surface area contributed by atoms with Gasteiger partial charge in [-0.3, -0.25) is 9.59 Å². The number of nitrogens with zero attached hydrogens (tertiary/aromatic N) is 3. The van der Waals surface area contributed by atoms with Crippen molar-refractivity contribution >= 4 is 11.6 Å². The molecule has 0 radical (unpaired) electrons. The molecule has 0 N–H and O–H groups in total. The number of aromatic nitrogens is 2. The van der Waals surface area contributed by atoms with Gasteiger partial charge < -0.3 is 4.90 Å². The maximum Gasteiger partial charge on any atom is 0.278 e. The molecule has 1 amide bonds. The molecule has 128 valence electrons. The quantitative estimate of drug-likeness (QED) is 0.818. The van der Waals surface area contributed by atoms with E-state index in [4.69, 9.17) is 0 Å². The minimum atomic E-state index is -0.184. The van der Waals surface area contributed by atoms with E-state index >= 15 is 0 Å². The van der Waals surface area contributed by atoms with Gasteiger partial charge in [-0.2, -0.15) is 5.10 Å². The molecular formula is C19H25N3O2. The minimum Gasteiger partial charge on any atom is -0.307 e. The number of carbonyl (C=O) groups excluding carboxylic acids is 1. The maximum absolute atomic E-state index is 12.9. The summed E-state index contributed by atoms with van der Waals surface area (Å²) >= 11 is 0. The molecule has 5 nitrogen and oxygen atoms in total. The van der Waals surface area contributed by atoms with Crippen LogP contribution in [0.3, 0.4) is 0 Å². The molecule has 0 bridgehead atoms. The summed E-state index contributed by atoms with van der Waals surface area (Å²) in [6.07, 6.45) is 1.83. The lowest BCUT2D eigenvalue weighted by Gasteiger charge is -2.23. The van der Waals surface area contributed by atoms with Crippen LogP contribution in [-0.2, 0) is 6.54 Å². The molecular weight excluding hydrogens is 302 g/mol. The van der Waals surface area contributed by atoms with E-state index in [-0.39, 0.29) is 11.5 Å². The lowest BCUT2D eigenvalue weighted by atomic mass is 10.1. The van der Waals surface area contributed by atoms with Gasteiger partial charge in [0.15, 0.2) is 0 Å². The van der Waals surface area contributed by atoms with Crippen molar-refractivity contribution in [3.8, 4) is 0 Å². The zero-order valence-electron chi connectivity index (χ0n) is 14.9. The molecule has 5 heteroatoms. The number of anilines is 1. The van der Waals surface area contributed by atoms with Crippen LogP contribution in [0, 0.1) is 13.8 Å². The highest BCUT2D eigenvalue weighted by molar-refractivity contribution is 6.05. The number of hydrogen-bond acceptors (Lipinski definition) is 3. The summed E-state index contributed by atoms with van der Waals surface area (Å²) in [6, 6.07) is 8.98. The molecule has 1 aromatic carbocycles. The molecule has 0 fully saturated rings. The Labute approximate surface area is 142 Å². The van der Waals surface area contributed by atoms with Gasteiger partial charge in [-0.25, -0.2) is 4.68 Å². The third kappa shape index (κ3) is 3.91. The average Bonchev–Trinajstić information content (AvgIpc) is 2.57. The number of amides is 1. The van der Waals surface area contributed by atoms with Crippen LogP contribution in [0.2, 0.25) is 0 Å². The fourth-order valence-corrected chi connectivity index (χ4v) is 2.60. The lowest BCUT2D eigenvalue weighted by molar-refractivity contribution is 0.0981. The van der Waals surface area contributed by atoms with Gasteiger partial charge in [0, 0.05) is 24.8 Å². The van der Waals surface area contributed by atoms with Crippen molar-refractivity contribution in [1.82, 2.24) is 9.78 Å². The molecule has 1 aromatic heterocycles. The predicted octanol–water partition coefficient (Wildman–Crippen LogP) is 3.33. The van der Waals surface area contributed by atoms with Gasteiger partial charge in [0.1, 0.15) is 5.69 Å². The maximum atomic E-state index is 12.9. The molecule has 0 aliphatic heterocycles. The zero-order chi connectivity index (χ0) is 17.7. The molecule has 0 atom stereocenters. The van der Waals surface area contributed by atoms with Crippen molar-refractivity contribution in [3.63, 3.8) is 0 Å². The molecule has 0 saturated carbocycles. The highest BCUT2D eigenvalue weighted by atomic mass is 16.2. The molecule has 0 unspecified atom stereocenters. The number of unbranched alkanes of at least 4 members (excludes halogenated alkanes) is 1. The van der Waals surface area contributed by atoms with Crippen LogP contribution in [0.1, 0.15) is 48.3 Å². The number of rotatable bonds is 6. The summed E-state index contributed by atoms with van der Waals surface area (Å²) in [5.41, 5.74) is 3.15. The van der Waals surface area contributed by atoms with Crippen molar-refractivity contribution in [2.75, 3.05) is 11.4 Å². The van der Waals surface area contributed by atoms with E-state index in [2.05, 4.69) is 12.0 Å². The SMILES string of the molecule is CCCCn1nc(C(=O)N(CC)c2cc(C)ccc2C)ccc1=O. The molecule has 0 spiro atoms. The van der Waals surface area contributed by atoms with E-state index in [1.54, 1.807) is 4.90 Å². The number of benzene rings is 1. The molecule has 2 aromatic rings. The highest BCUT2D eigenvalue weighted by Crippen LogP contribution is 2.22. The van der Waals surface area contributed by atoms with E-state index in [0.29, 0.717) is 18.8 Å². The Bertz CT molecular complexity index is 780. The predicted molar refractivity (Wildman–Crippen MR) is 96.7 cm³/mol. The normalized spacial score (nSPS) is 10.7. The van der Waals surface area contributed by atoms with Gasteiger partial charge in [0.05, 0.1) is 0 Å². The van der Waals surface area contributed by atoms with E-state index in [1.165, 1.54) is 16.8 Å². The van der Waals surface area contributed by atoms with E-state index < -0.39 is 0 Å². The first-order chi connectivity index (χ1) is 11.5. The Hall–Kier alpha value is -2.43. The van der Waals surface area contributed by atoms with E-state index in [9.17, 15) is 9.59 Å². The first kappa shape index (κ1) is 17.9. The summed E-state index contributed by atoms with van der Waals surface area (Å²) in [5.74, 6) is -0.184. The van der Waals surface area contributed by atoms with Crippen LogP contribution in [0.4, 0.5) is 5.69 Å². The third-order valence-electron chi connectivity index (χ3n) is 4.03. The summed E-state index contributed by atoms with van der Waals surface area (Å²) < 4.78 is 1.38. The number of aryl methyl sites for hydroxylation is 3. The van der Waals surface area contributed by atoms with Gasteiger partial charge in [-0.15, -0.1) is 0 Å². The second-order valence-corrected chi connectivity index (χ2v) is 5.97. The van der Waals surface area contributed by atoms with Gasteiger partial charge in [0.25, 0.3) is 11.5 Å². The Morgan fingerprint density at radius 3 is 2.58 bits per heavy atom. The summed E-state index contributed by atoms with van der Waals surface area (Å²) in [7, 11) is 0. The van der Waals surface area contributed by atoms with Crippen LogP contribution in [0.15, 0.2) is 35.1 Å². The molecule has 2 rings (SSSR count). The summed E-state index contributed by atoms with van der Waals surface area (Å²) in [4.78, 5) is 26.5. The molecule has 1 heterocycles. The fourth-order valence-electron chi connectivity index (χ4n) is 2.60. The van der Waals surface area contributed by atoms with Crippen molar-refractivity contribution in [2.45, 2.75) is 47.1 Å².